The second-order valence-electron chi connectivity index (χ2n) is 6.03. The van der Waals surface area contributed by atoms with Crippen molar-refractivity contribution in [1.82, 2.24) is 0 Å². The first-order valence-electron chi connectivity index (χ1n) is 7.65. The van der Waals surface area contributed by atoms with Crippen LogP contribution >= 0.6 is 0 Å². The van der Waals surface area contributed by atoms with Gasteiger partial charge in [-0.3, -0.25) is 9.59 Å². The fraction of sp³-hybridized carbons (Fsp3) is 0.222. The molecule has 2 aliphatic rings. The number of nitrogens with one attached hydrogen (secondary N) is 2. The molecule has 1 saturated carbocycles. The molecule has 5 heteroatoms. The Bertz CT molecular complexity index is 825. The van der Waals surface area contributed by atoms with E-state index in [1.54, 1.807) is 18.2 Å². The number of ether oxygens (including phenoxy) is 1. The van der Waals surface area contributed by atoms with Crippen molar-refractivity contribution in [1.29, 1.82) is 0 Å². The van der Waals surface area contributed by atoms with E-state index < -0.39 is 0 Å². The van der Waals surface area contributed by atoms with Gasteiger partial charge >= 0.3 is 0 Å². The smallest absolute Gasteiger partial charge is 0.259 e. The van der Waals surface area contributed by atoms with Gasteiger partial charge in [-0.1, -0.05) is 6.07 Å². The average Bonchev–Trinajstić information content (AvgIpc) is 3.35. The van der Waals surface area contributed by atoms with E-state index in [0.29, 0.717) is 28.4 Å². The molecule has 0 atom stereocenters. The monoisotopic (exact) mass is 308 g/mol. The third-order valence-electron chi connectivity index (χ3n) is 4.04. The van der Waals surface area contributed by atoms with E-state index in [1.165, 1.54) is 0 Å². The predicted molar refractivity (Wildman–Crippen MR) is 87.0 cm³/mol. The number of carbonyl (C=O) groups is 2. The fourth-order valence-electron chi connectivity index (χ4n) is 2.60. The van der Waals surface area contributed by atoms with Crippen LogP contribution in [0, 0.1) is 12.8 Å². The van der Waals surface area contributed by atoms with Crippen LogP contribution in [0.2, 0.25) is 0 Å². The van der Waals surface area contributed by atoms with Crippen molar-refractivity contribution in [3.8, 4) is 11.5 Å². The van der Waals surface area contributed by atoms with E-state index in [0.717, 1.165) is 18.4 Å². The lowest BCUT2D eigenvalue weighted by Crippen LogP contribution is -2.15. The van der Waals surface area contributed by atoms with Crippen LogP contribution in [0.3, 0.4) is 0 Å². The minimum Gasteiger partial charge on any atom is -0.454 e. The molecule has 0 aromatic heterocycles. The molecule has 2 N–H and O–H groups in total. The van der Waals surface area contributed by atoms with Crippen LogP contribution in [0.1, 0.15) is 28.8 Å². The number of amides is 2. The molecule has 1 fully saturated rings. The minimum absolute atomic E-state index is 0.0128. The van der Waals surface area contributed by atoms with Crippen molar-refractivity contribution in [3.05, 3.63) is 47.5 Å². The molecule has 0 saturated heterocycles. The van der Waals surface area contributed by atoms with Crippen molar-refractivity contribution in [3.63, 3.8) is 0 Å². The van der Waals surface area contributed by atoms with Crippen LogP contribution in [0.4, 0.5) is 11.4 Å². The summed E-state index contributed by atoms with van der Waals surface area (Å²) in [4.78, 5) is 24.3. The molecule has 1 aliphatic heterocycles. The molecule has 5 nitrogen and oxygen atoms in total. The molecule has 1 aliphatic carbocycles. The number of benzene rings is 2. The highest BCUT2D eigenvalue weighted by Crippen LogP contribution is 2.37. The summed E-state index contributed by atoms with van der Waals surface area (Å²) in [5, 5.41) is 5.71. The molecular weight excluding hydrogens is 292 g/mol. The lowest BCUT2D eigenvalue weighted by molar-refractivity contribution is -0.117. The second kappa shape index (κ2) is 5.12. The zero-order valence-corrected chi connectivity index (χ0v) is 12.7. The number of anilines is 2. The molecule has 0 radical (unpaired) electrons. The Hall–Kier alpha value is -2.82. The van der Waals surface area contributed by atoms with Crippen molar-refractivity contribution < 1.29 is 14.3 Å². The van der Waals surface area contributed by atoms with Crippen molar-refractivity contribution in [2.75, 3.05) is 10.6 Å². The Labute approximate surface area is 133 Å². The van der Waals surface area contributed by atoms with Crippen molar-refractivity contribution in [2.45, 2.75) is 19.8 Å². The lowest BCUT2D eigenvalue weighted by atomic mass is 10.1. The van der Waals surface area contributed by atoms with E-state index in [-0.39, 0.29) is 17.7 Å². The van der Waals surface area contributed by atoms with E-state index in [9.17, 15) is 9.59 Å². The summed E-state index contributed by atoms with van der Waals surface area (Å²) in [6.07, 6.45) is 1.88. The van der Waals surface area contributed by atoms with E-state index in [2.05, 4.69) is 10.6 Å². The van der Waals surface area contributed by atoms with Gasteiger partial charge in [0.05, 0.1) is 11.3 Å². The van der Waals surface area contributed by atoms with Gasteiger partial charge in [0, 0.05) is 11.6 Å². The third-order valence-corrected chi connectivity index (χ3v) is 4.04. The predicted octanol–water partition coefficient (Wildman–Crippen LogP) is 3.70. The van der Waals surface area contributed by atoms with Gasteiger partial charge in [0.25, 0.3) is 5.91 Å². The van der Waals surface area contributed by atoms with Crippen LogP contribution in [-0.2, 0) is 4.79 Å². The Morgan fingerprint density at radius 3 is 2.74 bits per heavy atom. The number of hydrogen-bond acceptors (Lipinski definition) is 3. The molecule has 0 unspecified atom stereocenters. The number of hydrogen-bond donors (Lipinski definition) is 2. The molecule has 116 valence electrons. The summed E-state index contributed by atoms with van der Waals surface area (Å²) in [6.45, 7) is 1.95. The van der Waals surface area contributed by atoms with Crippen molar-refractivity contribution in [2.24, 2.45) is 5.92 Å². The van der Waals surface area contributed by atoms with Gasteiger partial charge < -0.3 is 15.4 Å². The highest BCUT2D eigenvalue weighted by atomic mass is 16.5. The van der Waals surface area contributed by atoms with E-state index in [4.69, 9.17) is 4.74 Å². The SMILES string of the molecule is Cc1ccc2c(c1)NC(=O)c1cc(NC(=O)C3CC3)ccc1O2. The summed E-state index contributed by atoms with van der Waals surface area (Å²) < 4.78 is 5.85. The zero-order chi connectivity index (χ0) is 16.0. The van der Waals surface area contributed by atoms with Crippen LogP contribution < -0.4 is 15.4 Å². The number of rotatable bonds is 2. The van der Waals surface area contributed by atoms with E-state index >= 15 is 0 Å². The van der Waals surface area contributed by atoms with Gasteiger partial charge in [-0.05, 0) is 55.7 Å². The average molecular weight is 308 g/mol. The quantitative estimate of drug-likeness (QED) is 0.889. The molecule has 1 heterocycles. The highest BCUT2D eigenvalue weighted by Gasteiger charge is 2.30. The summed E-state index contributed by atoms with van der Waals surface area (Å²) in [6, 6.07) is 10.8. The summed E-state index contributed by atoms with van der Waals surface area (Å²) >= 11 is 0. The minimum atomic E-state index is -0.244. The van der Waals surface area contributed by atoms with Crippen molar-refractivity contribution >= 4 is 23.2 Å². The first-order valence-corrected chi connectivity index (χ1v) is 7.65. The summed E-state index contributed by atoms with van der Waals surface area (Å²) in [5.74, 6) is 0.976. The summed E-state index contributed by atoms with van der Waals surface area (Å²) in [5.41, 5.74) is 2.71. The molecule has 4 rings (SSSR count). The van der Waals surface area contributed by atoms with Crippen LogP contribution in [0.5, 0.6) is 11.5 Å². The Kier molecular flexibility index (Phi) is 3.08. The molecule has 2 aromatic rings. The number of aryl methyl sites for hydroxylation is 1. The number of fused-ring (bicyclic) bond motifs is 2. The van der Waals surface area contributed by atoms with Gasteiger partial charge in [-0.2, -0.15) is 0 Å². The maximum atomic E-state index is 12.5. The van der Waals surface area contributed by atoms with E-state index in [1.807, 2.05) is 25.1 Å². The maximum Gasteiger partial charge on any atom is 0.259 e. The molecule has 2 aromatic carbocycles. The van der Waals surface area contributed by atoms with Gasteiger partial charge in [-0.15, -0.1) is 0 Å². The topological polar surface area (TPSA) is 67.4 Å². The largest absolute Gasteiger partial charge is 0.454 e. The lowest BCUT2D eigenvalue weighted by Gasteiger charge is -2.09. The normalized spacial score (nSPS) is 15.6. The van der Waals surface area contributed by atoms with Crippen LogP contribution in [0.25, 0.3) is 0 Å². The molecule has 2 amide bonds. The molecular formula is C18H16N2O3. The Morgan fingerprint density at radius 1 is 1.17 bits per heavy atom. The van der Waals surface area contributed by atoms with Gasteiger partial charge in [0.15, 0.2) is 5.75 Å². The number of carbonyl (C=O) groups excluding carboxylic acids is 2. The van der Waals surface area contributed by atoms with Gasteiger partial charge in [0.1, 0.15) is 5.75 Å². The fourth-order valence-corrected chi connectivity index (χ4v) is 2.60. The molecule has 23 heavy (non-hydrogen) atoms. The molecule has 0 spiro atoms. The summed E-state index contributed by atoms with van der Waals surface area (Å²) in [7, 11) is 0. The van der Waals surface area contributed by atoms with Gasteiger partial charge in [-0.25, -0.2) is 0 Å². The first kappa shape index (κ1) is 13.8. The maximum absolute atomic E-state index is 12.5. The van der Waals surface area contributed by atoms with Crippen LogP contribution in [-0.4, -0.2) is 11.8 Å². The molecule has 0 bridgehead atoms. The Balaban J connectivity index is 1.67. The van der Waals surface area contributed by atoms with Gasteiger partial charge in [0.2, 0.25) is 5.91 Å². The standard InChI is InChI=1S/C18H16N2O3/c1-10-2-6-16-14(8-10)20-18(22)13-9-12(5-7-15(13)23-16)19-17(21)11-3-4-11/h2,5-9,11H,3-4H2,1H3,(H,19,21)(H,20,22). The zero-order valence-electron chi connectivity index (χ0n) is 12.7. The van der Waals surface area contributed by atoms with Crippen LogP contribution in [0.15, 0.2) is 36.4 Å². The Morgan fingerprint density at radius 2 is 1.96 bits per heavy atom. The first-order chi connectivity index (χ1) is 11.1. The highest BCUT2D eigenvalue weighted by molar-refractivity contribution is 6.09. The second-order valence-corrected chi connectivity index (χ2v) is 6.03. The third kappa shape index (κ3) is 2.65.